The fourth-order valence-electron chi connectivity index (χ4n) is 9.08. The van der Waals surface area contributed by atoms with Gasteiger partial charge in [0.25, 0.3) is 0 Å². The molecule has 0 saturated heterocycles. The molecule has 4 heteroatoms. The molecule has 0 nitrogen and oxygen atoms in total. The van der Waals surface area contributed by atoms with Crippen LogP contribution in [0.15, 0.2) is 84.9 Å². The molecular formula is C54H68Cl2SiZr. The molecule has 6 aromatic rings. The zero-order valence-electron chi connectivity index (χ0n) is 37.7. The fraction of sp³-hybridized carbons (Fsp3) is 0.444. The molecule has 0 atom stereocenters. The number of aryl methyl sites for hydroxylation is 2. The fourth-order valence-corrected chi connectivity index (χ4v) is 9.08. The molecular weight excluding hydrogens is 839 g/mol. The van der Waals surface area contributed by atoms with Crippen molar-refractivity contribution in [3.05, 3.63) is 129 Å². The Bertz CT molecular complexity index is 2070. The summed E-state index contributed by atoms with van der Waals surface area (Å²) >= 11 is -0.826. The number of rotatable bonds is 6. The van der Waals surface area contributed by atoms with Crippen molar-refractivity contribution in [1.29, 1.82) is 0 Å². The molecule has 2 radical (unpaired) electrons. The van der Waals surface area contributed by atoms with Gasteiger partial charge in [-0.3, -0.25) is 0 Å². The molecule has 0 spiro atoms. The SMILES string of the molecule is CC(C)Cc1cc2c(-c3ccc(C(C)(C)C)cc3)c3c(cc2[cH-]1)CCC3.CC(C)Cc1cc2c(-c3ccc(C(C)(C)C)cc3)c3c(cc2[cH-]1)CCC3.C[Si]C.[Cl][Zr+2][Cl]. The molecule has 0 unspecified atom stereocenters. The molecule has 0 aliphatic heterocycles. The third kappa shape index (κ3) is 11.6. The third-order valence-corrected chi connectivity index (χ3v) is 11.7. The van der Waals surface area contributed by atoms with Gasteiger partial charge in [-0.25, -0.2) is 0 Å². The molecule has 0 amide bonds. The van der Waals surface area contributed by atoms with Gasteiger partial charge in [0.05, 0.1) is 0 Å². The Balaban J connectivity index is 0.000000195. The number of hydrogen-bond acceptors (Lipinski definition) is 0. The standard InChI is InChI=1S/2C26H31.C2H6Si.2ClH.Zr/c2*1-17(2)13-18-14-21-16-20-7-6-8-23(20)25(24(21)15-18)19-9-11-22(12-10-19)26(3,4)5;1-3-2;;;/h2*9-12,14-17H,6-8,13H2,1-5H3;1-2H3;2*1H;/q2*-1;;;;+4/p-2. The van der Waals surface area contributed by atoms with Gasteiger partial charge in [-0.15, -0.1) is 56.9 Å². The van der Waals surface area contributed by atoms with Gasteiger partial charge in [0, 0.05) is 9.52 Å². The van der Waals surface area contributed by atoms with Crippen LogP contribution in [0, 0.1) is 11.8 Å². The van der Waals surface area contributed by atoms with E-state index < -0.39 is 20.8 Å². The molecule has 0 bridgehead atoms. The van der Waals surface area contributed by atoms with E-state index in [1.54, 1.807) is 22.3 Å². The van der Waals surface area contributed by atoms with Crippen LogP contribution < -0.4 is 0 Å². The molecule has 6 aromatic carbocycles. The molecule has 0 fully saturated rings. The van der Waals surface area contributed by atoms with Gasteiger partial charge in [0.2, 0.25) is 0 Å². The van der Waals surface area contributed by atoms with Crippen molar-refractivity contribution in [2.45, 2.75) is 145 Å². The minimum absolute atomic E-state index is 0.206. The molecule has 306 valence electrons. The van der Waals surface area contributed by atoms with E-state index in [0.29, 0.717) is 11.8 Å². The Morgan fingerprint density at radius 1 is 0.569 bits per heavy atom. The predicted molar refractivity (Wildman–Crippen MR) is 258 cm³/mol. The molecule has 0 saturated carbocycles. The van der Waals surface area contributed by atoms with Crippen LogP contribution in [-0.4, -0.2) is 9.52 Å². The molecule has 0 aromatic heterocycles. The zero-order chi connectivity index (χ0) is 42.4. The Morgan fingerprint density at radius 3 is 1.19 bits per heavy atom. The third-order valence-electron chi connectivity index (χ3n) is 11.7. The Labute approximate surface area is 374 Å². The maximum absolute atomic E-state index is 4.93. The summed E-state index contributed by atoms with van der Waals surface area (Å²) in [6, 6.07) is 33.4. The number of hydrogen-bond donors (Lipinski definition) is 0. The average molecular weight is 907 g/mol. The first-order valence-corrected chi connectivity index (χ1v) is 30.1. The molecule has 0 N–H and O–H groups in total. The normalized spacial score (nSPS) is 13.4. The minimum atomic E-state index is -0.826. The van der Waals surface area contributed by atoms with Crippen LogP contribution in [0.4, 0.5) is 0 Å². The van der Waals surface area contributed by atoms with Crippen LogP contribution in [0.3, 0.4) is 0 Å². The molecule has 2 aliphatic carbocycles. The van der Waals surface area contributed by atoms with E-state index in [1.165, 1.54) is 117 Å². The van der Waals surface area contributed by atoms with Gasteiger partial charge in [0.1, 0.15) is 0 Å². The van der Waals surface area contributed by atoms with E-state index in [-0.39, 0.29) is 10.8 Å². The Morgan fingerprint density at radius 2 is 0.897 bits per heavy atom. The van der Waals surface area contributed by atoms with Crippen molar-refractivity contribution < 1.29 is 20.8 Å². The Hall–Kier alpha value is -2.22. The summed E-state index contributed by atoms with van der Waals surface area (Å²) in [7, 11) is 11.0. The second-order valence-corrected chi connectivity index (χ2v) is 24.4. The second-order valence-electron chi connectivity index (χ2n) is 19.6. The summed E-state index contributed by atoms with van der Waals surface area (Å²) in [6.45, 7) is 27.3. The summed E-state index contributed by atoms with van der Waals surface area (Å²) in [6.07, 6.45) is 9.87. The van der Waals surface area contributed by atoms with E-state index in [1.807, 2.05) is 0 Å². The number of halogens is 2. The van der Waals surface area contributed by atoms with Crippen molar-refractivity contribution in [2.75, 3.05) is 0 Å². The van der Waals surface area contributed by atoms with Crippen LogP contribution in [-0.2, 0) is 70.2 Å². The van der Waals surface area contributed by atoms with E-state index in [4.69, 9.17) is 17.0 Å². The van der Waals surface area contributed by atoms with Gasteiger partial charge in [-0.1, -0.05) is 164 Å². The first-order chi connectivity index (χ1) is 27.5. The van der Waals surface area contributed by atoms with Crippen molar-refractivity contribution in [3.8, 4) is 22.3 Å². The van der Waals surface area contributed by atoms with Crippen molar-refractivity contribution in [2.24, 2.45) is 11.8 Å². The summed E-state index contributed by atoms with van der Waals surface area (Å²) < 4.78 is 0. The first kappa shape index (κ1) is 46.8. The summed E-state index contributed by atoms with van der Waals surface area (Å²) in [5, 5.41) is 5.81. The van der Waals surface area contributed by atoms with Gasteiger partial charge in [-0.2, -0.15) is 12.1 Å². The predicted octanol–water partition coefficient (Wildman–Crippen LogP) is 16.6. The molecule has 58 heavy (non-hydrogen) atoms. The second kappa shape index (κ2) is 20.6. The Kier molecular flexibility index (Phi) is 16.6. The molecule has 0 heterocycles. The van der Waals surface area contributed by atoms with E-state index in [9.17, 15) is 0 Å². The van der Waals surface area contributed by atoms with Crippen molar-refractivity contribution >= 4 is 48.1 Å². The van der Waals surface area contributed by atoms with Crippen LogP contribution in [0.25, 0.3) is 43.8 Å². The van der Waals surface area contributed by atoms with Crippen LogP contribution >= 0.6 is 17.0 Å². The van der Waals surface area contributed by atoms with Gasteiger partial charge in [0.15, 0.2) is 0 Å². The molecule has 2 aliphatic rings. The van der Waals surface area contributed by atoms with Gasteiger partial charge >= 0.3 is 37.9 Å². The number of benzene rings is 4. The van der Waals surface area contributed by atoms with Gasteiger partial charge in [-0.05, 0) is 96.3 Å². The van der Waals surface area contributed by atoms with E-state index in [0.717, 1.165) is 9.52 Å². The van der Waals surface area contributed by atoms with E-state index >= 15 is 0 Å². The van der Waals surface area contributed by atoms with Crippen LogP contribution in [0.1, 0.15) is 127 Å². The topological polar surface area (TPSA) is 0 Å². The monoisotopic (exact) mass is 904 g/mol. The number of fused-ring (bicyclic) bond motifs is 4. The zero-order valence-corrected chi connectivity index (χ0v) is 42.6. The van der Waals surface area contributed by atoms with Gasteiger partial charge < -0.3 is 0 Å². The first-order valence-electron chi connectivity index (χ1n) is 21.7. The summed E-state index contributed by atoms with van der Waals surface area (Å²) in [5.74, 6) is 1.40. The quantitative estimate of drug-likeness (QED) is 0.115. The van der Waals surface area contributed by atoms with E-state index in [2.05, 4.69) is 167 Å². The van der Waals surface area contributed by atoms with Crippen molar-refractivity contribution in [1.82, 2.24) is 0 Å². The summed E-state index contributed by atoms with van der Waals surface area (Å²) in [5.41, 5.74) is 18.4. The summed E-state index contributed by atoms with van der Waals surface area (Å²) in [4.78, 5) is 0. The maximum atomic E-state index is 4.93. The molecule has 8 rings (SSSR count). The van der Waals surface area contributed by atoms with Crippen molar-refractivity contribution in [3.63, 3.8) is 0 Å². The average Bonchev–Trinajstić information content (AvgIpc) is 3.96. The van der Waals surface area contributed by atoms with Crippen LogP contribution in [0.5, 0.6) is 0 Å². The van der Waals surface area contributed by atoms with Crippen LogP contribution in [0.2, 0.25) is 13.1 Å².